The standard InChI is InChI=1S/C19H22N2O4S/c1-2-3-5-10-17(22)20-13-11-19(12-14-20)21(16-8-6-4-7-9-16)18(23)15-26(19,24)25/h1,4,6-9H,3,5,10-15H2. The number of unbranched alkanes of at least 4 members (excludes halogenated alkanes) is 1. The number of para-hydroxylation sites is 1. The third-order valence-electron chi connectivity index (χ3n) is 5.17. The van der Waals surface area contributed by atoms with Gasteiger partial charge in [0.05, 0.1) is 0 Å². The number of benzene rings is 1. The minimum absolute atomic E-state index is 0.0110. The molecule has 1 aromatic carbocycles. The molecule has 26 heavy (non-hydrogen) atoms. The van der Waals surface area contributed by atoms with Gasteiger partial charge in [0.2, 0.25) is 11.8 Å². The molecule has 0 N–H and O–H groups in total. The van der Waals surface area contributed by atoms with E-state index in [1.165, 1.54) is 4.90 Å². The van der Waals surface area contributed by atoms with Crippen LogP contribution in [0.1, 0.15) is 32.1 Å². The lowest BCUT2D eigenvalue weighted by Crippen LogP contribution is -2.57. The van der Waals surface area contributed by atoms with Crippen molar-refractivity contribution in [3.8, 4) is 12.3 Å². The van der Waals surface area contributed by atoms with E-state index in [1.54, 1.807) is 29.2 Å². The molecule has 2 saturated heterocycles. The van der Waals surface area contributed by atoms with Crippen molar-refractivity contribution in [3.63, 3.8) is 0 Å². The zero-order valence-corrected chi connectivity index (χ0v) is 15.4. The average Bonchev–Trinajstić information content (AvgIpc) is 2.81. The molecule has 2 amide bonds. The Morgan fingerprint density at radius 3 is 2.46 bits per heavy atom. The number of hydrogen-bond donors (Lipinski definition) is 0. The lowest BCUT2D eigenvalue weighted by molar-refractivity contribution is -0.132. The maximum Gasteiger partial charge on any atom is 0.243 e. The maximum absolute atomic E-state index is 12.8. The van der Waals surface area contributed by atoms with E-state index in [4.69, 9.17) is 6.42 Å². The Hall–Kier alpha value is -2.33. The van der Waals surface area contributed by atoms with Crippen LogP contribution in [-0.2, 0) is 19.4 Å². The molecular formula is C19H22N2O4S. The molecule has 0 aromatic heterocycles. The predicted octanol–water partition coefficient (Wildman–Crippen LogP) is 1.57. The quantitative estimate of drug-likeness (QED) is 0.592. The third-order valence-corrected chi connectivity index (χ3v) is 7.55. The molecular weight excluding hydrogens is 352 g/mol. The normalized spacial score (nSPS) is 21.0. The summed E-state index contributed by atoms with van der Waals surface area (Å²) in [5.74, 6) is 1.63. The first-order valence-electron chi connectivity index (χ1n) is 8.73. The van der Waals surface area contributed by atoms with Crippen molar-refractivity contribution in [1.82, 2.24) is 4.90 Å². The predicted molar refractivity (Wildman–Crippen MR) is 98.9 cm³/mol. The number of carbonyl (C=O) groups excluding carboxylic acids is 2. The van der Waals surface area contributed by atoms with E-state index < -0.39 is 26.4 Å². The zero-order valence-electron chi connectivity index (χ0n) is 14.6. The highest BCUT2D eigenvalue weighted by atomic mass is 32.2. The van der Waals surface area contributed by atoms with Gasteiger partial charge in [-0.2, -0.15) is 0 Å². The number of rotatable bonds is 4. The highest BCUT2D eigenvalue weighted by Gasteiger charge is 2.59. The molecule has 2 aliphatic heterocycles. The molecule has 7 heteroatoms. The minimum Gasteiger partial charge on any atom is -0.342 e. The molecule has 1 spiro atoms. The smallest absolute Gasteiger partial charge is 0.243 e. The average molecular weight is 374 g/mol. The fourth-order valence-electron chi connectivity index (χ4n) is 3.82. The van der Waals surface area contributed by atoms with E-state index in [2.05, 4.69) is 5.92 Å². The monoisotopic (exact) mass is 374 g/mol. The first-order valence-corrected chi connectivity index (χ1v) is 10.4. The Morgan fingerprint density at radius 1 is 1.19 bits per heavy atom. The third kappa shape index (κ3) is 3.10. The Balaban J connectivity index is 1.81. The Kier molecular flexibility index (Phi) is 5.05. The van der Waals surface area contributed by atoms with E-state index in [0.29, 0.717) is 38.0 Å². The molecule has 3 rings (SSSR count). The summed E-state index contributed by atoms with van der Waals surface area (Å²) in [6, 6.07) is 8.88. The van der Waals surface area contributed by atoms with Crippen LogP contribution in [0, 0.1) is 12.3 Å². The molecule has 1 aromatic rings. The van der Waals surface area contributed by atoms with Gasteiger partial charge in [-0.3, -0.25) is 14.5 Å². The van der Waals surface area contributed by atoms with Crippen LogP contribution in [0.25, 0.3) is 0 Å². The SMILES string of the molecule is C#CCCCC(=O)N1CCC2(CC1)N(c1ccccc1)C(=O)CS2(=O)=O. The summed E-state index contributed by atoms with van der Waals surface area (Å²) < 4.78 is 25.7. The van der Waals surface area contributed by atoms with Crippen molar-refractivity contribution < 1.29 is 18.0 Å². The molecule has 0 unspecified atom stereocenters. The highest BCUT2D eigenvalue weighted by Crippen LogP contribution is 2.42. The van der Waals surface area contributed by atoms with Gasteiger partial charge in [0, 0.05) is 44.5 Å². The van der Waals surface area contributed by atoms with Gasteiger partial charge in [-0.25, -0.2) is 8.42 Å². The van der Waals surface area contributed by atoms with Gasteiger partial charge in [-0.15, -0.1) is 12.3 Å². The summed E-state index contributed by atoms with van der Waals surface area (Å²) in [4.78, 5) is 26.6. The van der Waals surface area contributed by atoms with Crippen molar-refractivity contribution in [1.29, 1.82) is 0 Å². The molecule has 2 fully saturated rings. The van der Waals surface area contributed by atoms with E-state index in [-0.39, 0.29) is 18.7 Å². The largest absolute Gasteiger partial charge is 0.342 e. The lowest BCUT2D eigenvalue weighted by Gasteiger charge is -2.43. The van der Waals surface area contributed by atoms with E-state index >= 15 is 0 Å². The van der Waals surface area contributed by atoms with Crippen LogP contribution < -0.4 is 4.90 Å². The summed E-state index contributed by atoms with van der Waals surface area (Å²) in [5, 5.41) is 0. The van der Waals surface area contributed by atoms with Gasteiger partial charge in [-0.1, -0.05) is 18.2 Å². The Bertz CT molecular complexity index is 834. The Morgan fingerprint density at radius 2 is 1.85 bits per heavy atom. The lowest BCUT2D eigenvalue weighted by atomic mass is 10.0. The van der Waals surface area contributed by atoms with Gasteiger partial charge in [0.25, 0.3) is 0 Å². The topological polar surface area (TPSA) is 74.8 Å². The molecule has 2 aliphatic rings. The van der Waals surface area contributed by atoms with Crippen molar-refractivity contribution >= 4 is 27.3 Å². The van der Waals surface area contributed by atoms with Gasteiger partial charge in [0.1, 0.15) is 5.75 Å². The van der Waals surface area contributed by atoms with Crippen molar-refractivity contribution in [2.24, 2.45) is 0 Å². The van der Waals surface area contributed by atoms with Crippen molar-refractivity contribution in [2.45, 2.75) is 37.0 Å². The fraction of sp³-hybridized carbons (Fsp3) is 0.474. The van der Waals surface area contributed by atoms with Crippen LogP contribution in [-0.4, -0.2) is 48.8 Å². The van der Waals surface area contributed by atoms with Crippen LogP contribution >= 0.6 is 0 Å². The summed E-state index contributed by atoms with van der Waals surface area (Å²) in [7, 11) is -3.61. The van der Waals surface area contributed by atoms with Crippen molar-refractivity contribution in [3.05, 3.63) is 30.3 Å². The van der Waals surface area contributed by atoms with Crippen LogP contribution in [0.3, 0.4) is 0 Å². The molecule has 2 heterocycles. The van der Waals surface area contributed by atoms with Gasteiger partial charge in [0.15, 0.2) is 14.7 Å². The van der Waals surface area contributed by atoms with Gasteiger partial charge in [-0.05, 0) is 18.6 Å². The maximum atomic E-state index is 12.8. The van der Waals surface area contributed by atoms with Crippen molar-refractivity contribution in [2.75, 3.05) is 23.7 Å². The second-order valence-electron chi connectivity index (χ2n) is 6.71. The molecule has 0 radical (unpaired) electrons. The number of hydrogen-bond acceptors (Lipinski definition) is 4. The molecule has 0 bridgehead atoms. The summed E-state index contributed by atoms with van der Waals surface area (Å²) in [5.41, 5.74) is 0.590. The molecule has 138 valence electrons. The first kappa shape index (κ1) is 18.5. The molecule has 0 atom stereocenters. The van der Waals surface area contributed by atoms with Crippen LogP contribution in [0.5, 0.6) is 0 Å². The Labute approximate surface area is 154 Å². The number of sulfone groups is 1. The summed E-state index contributed by atoms with van der Waals surface area (Å²) in [6.07, 6.45) is 7.22. The van der Waals surface area contributed by atoms with E-state index in [9.17, 15) is 18.0 Å². The number of likely N-dealkylation sites (tertiary alicyclic amines) is 1. The zero-order chi connectivity index (χ0) is 18.8. The molecule has 0 aliphatic carbocycles. The summed E-state index contributed by atoms with van der Waals surface area (Å²) >= 11 is 0. The second-order valence-corrected chi connectivity index (χ2v) is 8.99. The highest BCUT2D eigenvalue weighted by molar-refractivity contribution is 7.94. The number of anilines is 1. The van der Waals surface area contributed by atoms with Crippen LogP contribution in [0.2, 0.25) is 0 Å². The number of nitrogens with zero attached hydrogens (tertiary/aromatic N) is 2. The molecule has 0 saturated carbocycles. The van der Waals surface area contributed by atoms with Crippen LogP contribution in [0.15, 0.2) is 30.3 Å². The van der Waals surface area contributed by atoms with Crippen LogP contribution in [0.4, 0.5) is 5.69 Å². The first-order chi connectivity index (χ1) is 12.4. The second kappa shape index (κ2) is 7.12. The molecule has 6 nitrogen and oxygen atoms in total. The summed E-state index contributed by atoms with van der Waals surface area (Å²) in [6.45, 7) is 0.648. The number of terminal acetylenes is 1. The number of carbonyl (C=O) groups is 2. The van der Waals surface area contributed by atoms with Gasteiger partial charge >= 0.3 is 0 Å². The minimum atomic E-state index is -3.61. The number of amides is 2. The van der Waals surface area contributed by atoms with E-state index in [0.717, 1.165) is 0 Å². The van der Waals surface area contributed by atoms with E-state index in [1.807, 2.05) is 6.07 Å². The number of piperidine rings is 1. The van der Waals surface area contributed by atoms with Gasteiger partial charge < -0.3 is 4.90 Å². The fourth-order valence-corrected chi connectivity index (χ4v) is 5.84.